The molecule has 0 aliphatic heterocycles. The number of azo groups is 1. The molecule has 0 saturated heterocycles. The van der Waals surface area contributed by atoms with Crippen molar-refractivity contribution in [3.63, 3.8) is 0 Å². The number of hydrogen-bond donors (Lipinski definition) is 0. The lowest BCUT2D eigenvalue weighted by molar-refractivity contribution is 0.574. The quantitative estimate of drug-likeness (QED) is 0.505. The molecule has 3 aromatic rings. The molecule has 130 valence electrons. The number of nitrogens with zero attached hydrogens (tertiary/aromatic N) is 4. The van der Waals surface area contributed by atoms with Crippen molar-refractivity contribution in [1.29, 1.82) is 0 Å². The summed E-state index contributed by atoms with van der Waals surface area (Å²) in [5.74, 6) is 1.32. The molecule has 0 aliphatic carbocycles. The number of imidazole rings is 1. The van der Waals surface area contributed by atoms with Crippen LogP contribution in [0.3, 0.4) is 0 Å². The maximum atomic E-state index is 4.78. The maximum absolute atomic E-state index is 4.78. The van der Waals surface area contributed by atoms with Crippen LogP contribution in [0.4, 0.5) is 11.5 Å². The van der Waals surface area contributed by atoms with Crippen molar-refractivity contribution >= 4 is 17.2 Å². The van der Waals surface area contributed by atoms with Gasteiger partial charge in [0, 0.05) is 11.6 Å². The standard InChI is InChI=1S/C21H26N4/c1-14(2)16-8-10-17(11-9-16)23-24-20-19(21(4,5)6)22-18-12-7-15(3)13-25(18)20/h7-14H,1-6H3. The molecule has 0 bridgehead atoms. The Morgan fingerprint density at radius 2 is 1.64 bits per heavy atom. The van der Waals surface area contributed by atoms with Gasteiger partial charge in [-0.15, -0.1) is 10.2 Å². The third-order valence-electron chi connectivity index (χ3n) is 4.27. The topological polar surface area (TPSA) is 42.0 Å². The molecule has 0 unspecified atom stereocenters. The first-order chi connectivity index (χ1) is 11.8. The molecule has 0 aliphatic rings. The van der Waals surface area contributed by atoms with E-state index >= 15 is 0 Å². The van der Waals surface area contributed by atoms with Crippen LogP contribution in [-0.2, 0) is 5.41 Å². The third-order valence-corrected chi connectivity index (χ3v) is 4.27. The van der Waals surface area contributed by atoms with E-state index < -0.39 is 0 Å². The lowest BCUT2D eigenvalue weighted by Crippen LogP contribution is -2.11. The summed E-state index contributed by atoms with van der Waals surface area (Å²) in [5.41, 5.74) is 5.09. The molecule has 4 nitrogen and oxygen atoms in total. The number of benzene rings is 1. The second-order valence-corrected chi connectivity index (χ2v) is 7.91. The molecule has 2 aromatic heterocycles. The van der Waals surface area contributed by atoms with Gasteiger partial charge in [-0.25, -0.2) is 4.98 Å². The molecule has 0 radical (unpaired) electrons. The fourth-order valence-electron chi connectivity index (χ4n) is 2.77. The van der Waals surface area contributed by atoms with E-state index in [0.29, 0.717) is 5.92 Å². The molecule has 1 aromatic carbocycles. The zero-order chi connectivity index (χ0) is 18.2. The molecule has 0 fully saturated rings. The summed E-state index contributed by atoms with van der Waals surface area (Å²) in [6.45, 7) is 12.9. The monoisotopic (exact) mass is 334 g/mol. The molecule has 0 spiro atoms. The highest BCUT2D eigenvalue weighted by Gasteiger charge is 2.24. The van der Waals surface area contributed by atoms with Crippen molar-refractivity contribution in [1.82, 2.24) is 9.38 Å². The predicted molar refractivity (Wildman–Crippen MR) is 103 cm³/mol. The van der Waals surface area contributed by atoms with Gasteiger partial charge in [0.2, 0.25) is 0 Å². The normalized spacial score (nSPS) is 12.6. The van der Waals surface area contributed by atoms with E-state index in [4.69, 9.17) is 4.98 Å². The van der Waals surface area contributed by atoms with Crippen LogP contribution in [0, 0.1) is 6.92 Å². The first kappa shape index (κ1) is 17.3. The highest BCUT2D eigenvalue weighted by Crippen LogP contribution is 2.33. The number of aryl methyl sites for hydroxylation is 1. The Bertz CT molecular complexity index is 909. The number of pyridine rings is 1. The van der Waals surface area contributed by atoms with Crippen molar-refractivity contribution in [3.05, 3.63) is 59.4 Å². The van der Waals surface area contributed by atoms with Crippen LogP contribution in [-0.4, -0.2) is 9.38 Å². The first-order valence-corrected chi connectivity index (χ1v) is 8.76. The van der Waals surface area contributed by atoms with Crippen LogP contribution in [0.15, 0.2) is 52.8 Å². The van der Waals surface area contributed by atoms with E-state index in [0.717, 1.165) is 22.8 Å². The fraction of sp³-hybridized carbons (Fsp3) is 0.381. The average molecular weight is 334 g/mol. The smallest absolute Gasteiger partial charge is 0.183 e. The predicted octanol–water partition coefficient (Wildman–Crippen LogP) is 6.48. The molecule has 0 atom stereocenters. The summed E-state index contributed by atoms with van der Waals surface area (Å²) >= 11 is 0. The van der Waals surface area contributed by atoms with Crippen LogP contribution in [0.25, 0.3) is 5.65 Å². The van der Waals surface area contributed by atoms with Gasteiger partial charge in [0.1, 0.15) is 5.65 Å². The van der Waals surface area contributed by atoms with Crippen LogP contribution in [0.5, 0.6) is 0 Å². The highest BCUT2D eigenvalue weighted by molar-refractivity contribution is 5.55. The molecule has 2 heterocycles. The zero-order valence-electron chi connectivity index (χ0n) is 15.9. The summed E-state index contributed by atoms with van der Waals surface area (Å²) < 4.78 is 2.03. The van der Waals surface area contributed by atoms with Crippen molar-refractivity contribution < 1.29 is 0 Å². The minimum Gasteiger partial charge on any atom is -0.283 e. The highest BCUT2D eigenvalue weighted by atomic mass is 15.2. The number of hydrogen-bond acceptors (Lipinski definition) is 3. The maximum Gasteiger partial charge on any atom is 0.183 e. The van der Waals surface area contributed by atoms with E-state index in [1.165, 1.54) is 11.1 Å². The molecular weight excluding hydrogens is 308 g/mol. The van der Waals surface area contributed by atoms with E-state index in [1.54, 1.807) is 0 Å². The minimum atomic E-state index is -0.101. The van der Waals surface area contributed by atoms with Crippen molar-refractivity contribution in [3.8, 4) is 0 Å². The zero-order valence-corrected chi connectivity index (χ0v) is 15.9. The van der Waals surface area contributed by atoms with Crippen molar-refractivity contribution in [2.24, 2.45) is 10.2 Å². The Balaban J connectivity index is 2.06. The van der Waals surface area contributed by atoms with Gasteiger partial charge in [-0.05, 0) is 42.2 Å². The Kier molecular flexibility index (Phi) is 4.46. The number of aromatic nitrogens is 2. The van der Waals surface area contributed by atoms with Gasteiger partial charge in [-0.1, -0.05) is 52.8 Å². The Hall–Kier alpha value is -2.49. The third kappa shape index (κ3) is 3.63. The SMILES string of the molecule is Cc1ccc2nc(C(C)(C)C)c(N=Nc3ccc(C(C)C)cc3)n2c1. The second kappa shape index (κ2) is 6.43. The molecular formula is C21H26N4. The molecule has 0 amide bonds. The Morgan fingerprint density at radius 3 is 2.24 bits per heavy atom. The number of fused-ring (bicyclic) bond motifs is 1. The summed E-state index contributed by atoms with van der Waals surface area (Å²) in [6, 6.07) is 12.4. The van der Waals surface area contributed by atoms with Gasteiger partial charge >= 0.3 is 0 Å². The van der Waals surface area contributed by atoms with Gasteiger partial charge in [0.15, 0.2) is 5.82 Å². The summed E-state index contributed by atoms with van der Waals surface area (Å²) in [5, 5.41) is 9.04. The van der Waals surface area contributed by atoms with Gasteiger partial charge in [-0.3, -0.25) is 4.40 Å². The fourth-order valence-corrected chi connectivity index (χ4v) is 2.77. The average Bonchev–Trinajstić information content (AvgIpc) is 2.91. The molecule has 3 rings (SSSR count). The van der Waals surface area contributed by atoms with E-state index in [1.807, 2.05) is 22.6 Å². The summed E-state index contributed by atoms with van der Waals surface area (Å²) in [7, 11) is 0. The molecule has 25 heavy (non-hydrogen) atoms. The van der Waals surface area contributed by atoms with Crippen molar-refractivity contribution in [2.75, 3.05) is 0 Å². The van der Waals surface area contributed by atoms with Gasteiger partial charge in [0.05, 0.1) is 11.4 Å². The van der Waals surface area contributed by atoms with Crippen LogP contribution in [0.1, 0.15) is 57.4 Å². The van der Waals surface area contributed by atoms with Gasteiger partial charge in [0.25, 0.3) is 0 Å². The van der Waals surface area contributed by atoms with Crippen molar-refractivity contribution in [2.45, 2.75) is 52.9 Å². The minimum absolute atomic E-state index is 0.101. The van der Waals surface area contributed by atoms with E-state index in [-0.39, 0.29) is 5.41 Å². The molecule has 0 N–H and O–H groups in total. The second-order valence-electron chi connectivity index (χ2n) is 7.91. The first-order valence-electron chi connectivity index (χ1n) is 8.76. The Labute approximate surface area is 149 Å². The van der Waals surface area contributed by atoms with E-state index in [2.05, 4.69) is 76.2 Å². The van der Waals surface area contributed by atoms with E-state index in [9.17, 15) is 0 Å². The lowest BCUT2D eigenvalue weighted by Gasteiger charge is -2.15. The van der Waals surface area contributed by atoms with Crippen LogP contribution in [0.2, 0.25) is 0 Å². The summed E-state index contributed by atoms with van der Waals surface area (Å²) in [6.07, 6.45) is 2.06. The summed E-state index contributed by atoms with van der Waals surface area (Å²) in [4.78, 5) is 4.78. The molecule has 4 heteroatoms. The molecule has 0 saturated carbocycles. The van der Waals surface area contributed by atoms with Gasteiger partial charge < -0.3 is 0 Å². The van der Waals surface area contributed by atoms with Gasteiger partial charge in [-0.2, -0.15) is 0 Å². The number of rotatable bonds is 3. The van der Waals surface area contributed by atoms with Crippen LogP contribution >= 0.6 is 0 Å². The lowest BCUT2D eigenvalue weighted by atomic mass is 9.92. The Morgan fingerprint density at radius 1 is 0.960 bits per heavy atom. The largest absolute Gasteiger partial charge is 0.283 e. The van der Waals surface area contributed by atoms with Crippen LogP contribution < -0.4 is 0 Å².